The molecule has 0 aromatic carbocycles. The second-order valence-electron chi connectivity index (χ2n) is 7.04. The van der Waals surface area contributed by atoms with Gasteiger partial charge < -0.3 is 10.0 Å². The summed E-state index contributed by atoms with van der Waals surface area (Å²) in [6, 6.07) is 2.57. The van der Waals surface area contributed by atoms with Crippen LogP contribution in [0, 0.1) is 11.3 Å². The predicted octanol–water partition coefficient (Wildman–Crippen LogP) is 4.20. The molecular formula is C15H32BNO2Si. The molecule has 0 aliphatic carbocycles. The van der Waals surface area contributed by atoms with Crippen LogP contribution in [0.1, 0.15) is 61.8 Å². The zero-order valence-corrected chi connectivity index (χ0v) is 15.4. The van der Waals surface area contributed by atoms with Crippen LogP contribution in [-0.2, 0) is 0 Å². The summed E-state index contributed by atoms with van der Waals surface area (Å²) in [4.78, 5) is 0. The molecule has 0 amide bonds. The number of nitriles is 1. The lowest BCUT2D eigenvalue weighted by atomic mass is 9.66. The summed E-state index contributed by atoms with van der Waals surface area (Å²) in [5.41, 5.74) is 1.26. The van der Waals surface area contributed by atoms with Gasteiger partial charge in [-0.1, -0.05) is 55.4 Å². The molecule has 0 aliphatic heterocycles. The first-order valence-electron chi connectivity index (χ1n) is 7.83. The van der Waals surface area contributed by atoms with Crippen LogP contribution in [-0.4, -0.2) is 25.2 Å². The Balaban J connectivity index is 6.40. The average molecular weight is 297 g/mol. The second-order valence-corrected chi connectivity index (χ2v) is 13.3. The summed E-state index contributed by atoms with van der Waals surface area (Å²) < 4.78 is 0. The fourth-order valence-corrected chi connectivity index (χ4v) is 13.9. The van der Waals surface area contributed by atoms with Gasteiger partial charge in [-0.2, -0.15) is 5.26 Å². The van der Waals surface area contributed by atoms with Crippen LogP contribution < -0.4 is 0 Å². The third-order valence-electron chi connectivity index (χ3n) is 5.62. The van der Waals surface area contributed by atoms with Crippen molar-refractivity contribution in [2.45, 2.75) is 89.3 Å². The largest absolute Gasteiger partial charge is 0.455 e. The molecule has 5 heteroatoms. The Morgan fingerprint density at radius 1 is 1.00 bits per heavy atom. The summed E-state index contributed by atoms with van der Waals surface area (Å²) >= 11 is 0. The van der Waals surface area contributed by atoms with Crippen LogP contribution >= 0.6 is 0 Å². The van der Waals surface area contributed by atoms with E-state index in [1.807, 2.05) is 13.8 Å². The first kappa shape index (κ1) is 19.7. The maximum atomic E-state index is 10.0. The SMILES string of the molecule is CCC(C#N)(C(C)B(O)O)[Si](C(C)C)(C(C)C)C(C)C. The molecule has 0 aliphatic rings. The van der Waals surface area contributed by atoms with E-state index in [0.29, 0.717) is 23.0 Å². The summed E-state index contributed by atoms with van der Waals surface area (Å²) in [5.74, 6) is -0.420. The van der Waals surface area contributed by atoms with E-state index in [9.17, 15) is 15.3 Å². The van der Waals surface area contributed by atoms with Crippen LogP contribution in [0.3, 0.4) is 0 Å². The highest BCUT2D eigenvalue weighted by atomic mass is 28.3. The Morgan fingerprint density at radius 3 is 1.50 bits per heavy atom. The topological polar surface area (TPSA) is 64.2 Å². The molecule has 0 radical (unpaired) electrons. The van der Waals surface area contributed by atoms with Gasteiger partial charge in [0.15, 0.2) is 0 Å². The van der Waals surface area contributed by atoms with Crippen molar-refractivity contribution < 1.29 is 10.0 Å². The van der Waals surface area contributed by atoms with Gasteiger partial charge in [0.1, 0.15) is 0 Å². The molecule has 0 spiro atoms. The van der Waals surface area contributed by atoms with Gasteiger partial charge in [-0.3, -0.25) is 0 Å². The van der Waals surface area contributed by atoms with Gasteiger partial charge in [-0.05, 0) is 23.0 Å². The Morgan fingerprint density at radius 2 is 1.35 bits per heavy atom. The van der Waals surface area contributed by atoms with E-state index in [1.54, 1.807) is 0 Å². The van der Waals surface area contributed by atoms with Crippen LogP contribution in [0.25, 0.3) is 0 Å². The van der Waals surface area contributed by atoms with E-state index in [2.05, 4.69) is 47.6 Å². The number of nitrogens with zero attached hydrogens (tertiary/aromatic N) is 1. The molecule has 20 heavy (non-hydrogen) atoms. The average Bonchev–Trinajstić information content (AvgIpc) is 2.33. The smallest absolute Gasteiger partial charge is 0.427 e. The number of hydrogen-bond donors (Lipinski definition) is 2. The van der Waals surface area contributed by atoms with E-state index in [-0.39, 0.29) is 0 Å². The third kappa shape index (κ3) is 2.70. The molecule has 0 saturated heterocycles. The monoisotopic (exact) mass is 297 g/mol. The van der Waals surface area contributed by atoms with Gasteiger partial charge in [-0.15, -0.1) is 0 Å². The Hall–Kier alpha value is -0.308. The van der Waals surface area contributed by atoms with E-state index >= 15 is 0 Å². The van der Waals surface area contributed by atoms with Gasteiger partial charge in [0.2, 0.25) is 0 Å². The summed E-state index contributed by atoms with van der Waals surface area (Å²) in [6.07, 6.45) is 0.684. The summed E-state index contributed by atoms with van der Waals surface area (Å²) in [7, 11) is -3.55. The molecule has 116 valence electrons. The highest BCUT2D eigenvalue weighted by molar-refractivity contribution is 6.87. The van der Waals surface area contributed by atoms with Crippen molar-refractivity contribution in [3.05, 3.63) is 0 Å². The zero-order valence-electron chi connectivity index (χ0n) is 14.4. The highest BCUT2D eigenvalue weighted by Crippen LogP contribution is 2.63. The Bertz CT molecular complexity index is 330. The fraction of sp³-hybridized carbons (Fsp3) is 0.933. The van der Waals surface area contributed by atoms with Crippen molar-refractivity contribution in [2.24, 2.45) is 0 Å². The minimum atomic E-state index is -2.11. The van der Waals surface area contributed by atoms with E-state index < -0.39 is 26.0 Å². The second kappa shape index (κ2) is 7.11. The maximum absolute atomic E-state index is 10.0. The Kier molecular flexibility index (Phi) is 7.00. The zero-order chi connectivity index (χ0) is 16.3. The quantitative estimate of drug-likeness (QED) is 0.692. The van der Waals surface area contributed by atoms with Crippen LogP contribution in [0.2, 0.25) is 27.5 Å². The molecule has 0 heterocycles. The van der Waals surface area contributed by atoms with Gasteiger partial charge in [-0.25, -0.2) is 0 Å². The lowest BCUT2D eigenvalue weighted by molar-refractivity contribution is 0.366. The fourth-order valence-electron chi connectivity index (χ4n) is 5.10. The molecule has 0 saturated carbocycles. The van der Waals surface area contributed by atoms with E-state index in [1.165, 1.54) is 0 Å². The number of rotatable bonds is 7. The van der Waals surface area contributed by atoms with Gasteiger partial charge in [0.25, 0.3) is 0 Å². The molecule has 3 nitrogen and oxygen atoms in total. The summed E-state index contributed by atoms with van der Waals surface area (Å²) in [5, 5.41) is 28.9. The summed E-state index contributed by atoms with van der Waals surface area (Å²) in [6.45, 7) is 17.1. The van der Waals surface area contributed by atoms with Crippen LogP contribution in [0.15, 0.2) is 0 Å². The van der Waals surface area contributed by atoms with Crippen molar-refractivity contribution >= 4 is 15.2 Å². The molecular weight excluding hydrogens is 265 g/mol. The molecule has 0 aromatic rings. The van der Waals surface area contributed by atoms with Crippen molar-refractivity contribution in [1.82, 2.24) is 0 Å². The van der Waals surface area contributed by atoms with Crippen molar-refractivity contribution in [1.29, 1.82) is 5.26 Å². The van der Waals surface area contributed by atoms with Crippen molar-refractivity contribution in [2.75, 3.05) is 0 Å². The van der Waals surface area contributed by atoms with Gasteiger partial charge >= 0.3 is 7.12 Å². The molecule has 0 rings (SSSR count). The first-order valence-corrected chi connectivity index (χ1v) is 10.1. The lowest BCUT2D eigenvalue weighted by Crippen LogP contribution is -2.57. The van der Waals surface area contributed by atoms with E-state index in [4.69, 9.17) is 0 Å². The minimum absolute atomic E-state index is 0.420. The maximum Gasteiger partial charge on any atom is 0.455 e. The van der Waals surface area contributed by atoms with Crippen LogP contribution in [0.5, 0.6) is 0 Å². The lowest BCUT2D eigenvalue weighted by Gasteiger charge is -2.55. The number of hydrogen-bond acceptors (Lipinski definition) is 3. The molecule has 2 N–H and O–H groups in total. The molecule has 0 aromatic heterocycles. The third-order valence-corrected chi connectivity index (χ3v) is 13.8. The standard InChI is InChI=1S/C15H32BNO2Si/c1-9-15(10-17,14(8)16(18)19)20(11(2)3,12(4)5)13(6)7/h11-14,18-19H,9H2,1-8H3. The van der Waals surface area contributed by atoms with Crippen molar-refractivity contribution in [3.8, 4) is 6.07 Å². The van der Waals surface area contributed by atoms with Crippen LogP contribution in [0.4, 0.5) is 0 Å². The first-order chi connectivity index (χ1) is 9.06. The highest BCUT2D eigenvalue weighted by Gasteiger charge is 2.62. The predicted molar refractivity (Wildman–Crippen MR) is 89.3 cm³/mol. The van der Waals surface area contributed by atoms with Crippen molar-refractivity contribution in [3.63, 3.8) is 0 Å². The van der Waals surface area contributed by atoms with Gasteiger partial charge in [0.05, 0.1) is 19.2 Å². The molecule has 2 atom stereocenters. The van der Waals surface area contributed by atoms with Gasteiger partial charge in [0, 0.05) is 5.82 Å². The normalized spacial score (nSPS) is 17.2. The molecule has 2 unspecified atom stereocenters. The van der Waals surface area contributed by atoms with E-state index in [0.717, 1.165) is 0 Å². The molecule has 0 fully saturated rings. The Labute approximate surface area is 126 Å². The minimum Gasteiger partial charge on any atom is -0.427 e. The molecule has 0 bridgehead atoms.